The topological polar surface area (TPSA) is 105 Å². The molecule has 0 radical (unpaired) electrons. The van der Waals surface area contributed by atoms with Gasteiger partial charge >= 0.3 is 0 Å². The van der Waals surface area contributed by atoms with Crippen LogP contribution >= 0.6 is 0 Å². The number of halogens is 1. The van der Waals surface area contributed by atoms with Crippen molar-refractivity contribution in [2.75, 3.05) is 25.0 Å². The standard InChI is InChI=1S/C22H29FN6O/c1-21(2)16(12-27-19-5-4-15(9-24)11-26-19)6-7-22(21,3)28-13-20(30)29-14-17(23)8-18(29)10-25/h4-5,11,16-18,28H,6-8,12-14H2,1-3H3,(H,26,27). The molecule has 8 heteroatoms. The number of likely N-dealkylation sites (tertiary alicyclic amines) is 1. The molecule has 0 spiro atoms. The Hall–Kier alpha value is -2.71. The molecule has 7 nitrogen and oxygen atoms in total. The van der Waals surface area contributed by atoms with Crippen LogP contribution in [0.3, 0.4) is 0 Å². The number of rotatable bonds is 6. The second kappa shape index (κ2) is 8.57. The maximum absolute atomic E-state index is 13.6. The largest absolute Gasteiger partial charge is 0.370 e. The lowest BCUT2D eigenvalue weighted by Crippen LogP contribution is -2.55. The van der Waals surface area contributed by atoms with Gasteiger partial charge in [0, 0.05) is 24.7 Å². The van der Waals surface area contributed by atoms with Gasteiger partial charge in [-0.15, -0.1) is 0 Å². The highest BCUT2D eigenvalue weighted by Gasteiger charge is 2.51. The molecule has 1 aliphatic carbocycles. The Morgan fingerprint density at radius 1 is 1.37 bits per heavy atom. The molecule has 2 fully saturated rings. The van der Waals surface area contributed by atoms with E-state index in [9.17, 15) is 14.4 Å². The van der Waals surface area contributed by atoms with Gasteiger partial charge in [0.05, 0.1) is 24.7 Å². The quantitative estimate of drug-likeness (QED) is 0.744. The van der Waals surface area contributed by atoms with Gasteiger partial charge in [0.15, 0.2) is 0 Å². The number of carbonyl (C=O) groups excluding carboxylic acids is 1. The summed E-state index contributed by atoms with van der Waals surface area (Å²) in [5.41, 5.74) is 0.165. The monoisotopic (exact) mass is 412 g/mol. The minimum Gasteiger partial charge on any atom is -0.370 e. The number of nitrogens with zero attached hydrogens (tertiary/aromatic N) is 4. The van der Waals surface area contributed by atoms with Gasteiger partial charge in [0.25, 0.3) is 0 Å². The van der Waals surface area contributed by atoms with Crippen LogP contribution < -0.4 is 10.6 Å². The first-order valence-electron chi connectivity index (χ1n) is 10.4. The van der Waals surface area contributed by atoms with Gasteiger partial charge in [0.2, 0.25) is 5.91 Å². The van der Waals surface area contributed by atoms with Crippen LogP contribution in [0, 0.1) is 34.0 Å². The fraction of sp³-hybridized carbons (Fsp3) is 0.636. The molecular weight excluding hydrogens is 383 g/mol. The summed E-state index contributed by atoms with van der Waals surface area (Å²) in [6, 6.07) is 6.96. The molecule has 0 aromatic carbocycles. The summed E-state index contributed by atoms with van der Waals surface area (Å²) in [4.78, 5) is 18.2. The number of pyridine rings is 1. The summed E-state index contributed by atoms with van der Waals surface area (Å²) in [6.07, 6.45) is 2.43. The summed E-state index contributed by atoms with van der Waals surface area (Å²) in [5.74, 6) is 0.873. The average molecular weight is 413 g/mol. The van der Waals surface area contributed by atoms with Crippen molar-refractivity contribution >= 4 is 11.7 Å². The minimum absolute atomic E-state index is 0.00296. The molecule has 1 aromatic heterocycles. The normalized spacial score (nSPS) is 29.9. The number of aromatic nitrogens is 1. The lowest BCUT2D eigenvalue weighted by atomic mass is 9.71. The molecule has 1 amide bonds. The van der Waals surface area contributed by atoms with E-state index in [-0.39, 0.29) is 36.4 Å². The highest BCUT2D eigenvalue weighted by atomic mass is 19.1. The highest BCUT2D eigenvalue weighted by molar-refractivity contribution is 5.79. The number of alkyl halides is 1. The van der Waals surface area contributed by atoms with Crippen LogP contribution in [0.25, 0.3) is 0 Å². The number of carbonyl (C=O) groups is 1. The zero-order valence-corrected chi connectivity index (χ0v) is 17.8. The van der Waals surface area contributed by atoms with E-state index in [1.807, 2.05) is 6.07 Å². The number of amides is 1. The molecule has 1 aliphatic heterocycles. The molecular formula is C22H29FN6O. The van der Waals surface area contributed by atoms with Crippen molar-refractivity contribution in [3.63, 3.8) is 0 Å². The predicted octanol–water partition coefficient (Wildman–Crippen LogP) is 2.61. The molecule has 160 valence electrons. The van der Waals surface area contributed by atoms with E-state index in [1.165, 1.54) is 4.90 Å². The van der Waals surface area contributed by atoms with Crippen LogP contribution in [-0.4, -0.2) is 53.2 Å². The van der Waals surface area contributed by atoms with Gasteiger partial charge in [-0.25, -0.2) is 9.37 Å². The zero-order chi connectivity index (χ0) is 21.9. The van der Waals surface area contributed by atoms with Crippen molar-refractivity contribution in [2.24, 2.45) is 11.3 Å². The first-order valence-corrected chi connectivity index (χ1v) is 10.4. The molecule has 1 aromatic rings. The van der Waals surface area contributed by atoms with Crippen molar-refractivity contribution in [1.29, 1.82) is 10.5 Å². The van der Waals surface area contributed by atoms with E-state index in [2.05, 4.69) is 42.5 Å². The van der Waals surface area contributed by atoms with Crippen LogP contribution in [0.5, 0.6) is 0 Å². The smallest absolute Gasteiger partial charge is 0.237 e. The van der Waals surface area contributed by atoms with Gasteiger partial charge in [-0.05, 0) is 43.2 Å². The number of nitrogens with one attached hydrogen (secondary N) is 2. The van der Waals surface area contributed by atoms with E-state index in [0.29, 0.717) is 11.5 Å². The van der Waals surface area contributed by atoms with Gasteiger partial charge in [0.1, 0.15) is 24.1 Å². The lowest BCUT2D eigenvalue weighted by molar-refractivity contribution is -0.131. The molecule has 4 unspecified atom stereocenters. The van der Waals surface area contributed by atoms with Crippen LogP contribution in [0.1, 0.15) is 45.6 Å². The Morgan fingerprint density at radius 2 is 2.13 bits per heavy atom. The minimum atomic E-state index is -1.12. The fourth-order valence-corrected chi connectivity index (χ4v) is 4.62. The summed E-state index contributed by atoms with van der Waals surface area (Å²) in [5, 5.41) is 24.8. The summed E-state index contributed by atoms with van der Waals surface area (Å²) in [6.45, 7) is 7.36. The van der Waals surface area contributed by atoms with Crippen LogP contribution in [0.4, 0.5) is 10.2 Å². The molecule has 30 heavy (non-hydrogen) atoms. The van der Waals surface area contributed by atoms with Gasteiger partial charge < -0.3 is 15.5 Å². The molecule has 3 rings (SSSR count). The van der Waals surface area contributed by atoms with E-state index in [4.69, 9.17) is 5.26 Å². The average Bonchev–Trinajstić information content (AvgIpc) is 3.22. The highest BCUT2D eigenvalue weighted by Crippen LogP contribution is 2.50. The number of nitriles is 2. The zero-order valence-electron chi connectivity index (χ0n) is 17.8. The van der Waals surface area contributed by atoms with Gasteiger partial charge in [-0.2, -0.15) is 10.5 Å². The maximum Gasteiger partial charge on any atom is 0.237 e. The third kappa shape index (κ3) is 4.24. The Labute approximate surface area is 177 Å². The second-order valence-electron chi connectivity index (χ2n) is 9.09. The van der Waals surface area contributed by atoms with Gasteiger partial charge in [-0.3, -0.25) is 4.79 Å². The van der Waals surface area contributed by atoms with E-state index in [1.54, 1.807) is 18.3 Å². The second-order valence-corrected chi connectivity index (χ2v) is 9.09. The Bertz CT molecular complexity index is 858. The van der Waals surface area contributed by atoms with Gasteiger partial charge in [-0.1, -0.05) is 13.8 Å². The SMILES string of the molecule is CC1(NCC(=O)N2CC(F)CC2C#N)CCC(CNc2ccc(C#N)cn2)C1(C)C. The number of hydrogen-bond donors (Lipinski definition) is 2. The van der Waals surface area contributed by atoms with Crippen LogP contribution in [0.15, 0.2) is 18.3 Å². The van der Waals surface area contributed by atoms with E-state index < -0.39 is 12.2 Å². The molecule has 0 bridgehead atoms. The van der Waals surface area contributed by atoms with Crippen molar-refractivity contribution in [3.05, 3.63) is 23.9 Å². The Balaban J connectivity index is 1.57. The van der Waals surface area contributed by atoms with Crippen LogP contribution in [0.2, 0.25) is 0 Å². The summed E-state index contributed by atoms with van der Waals surface area (Å²) >= 11 is 0. The molecule has 1 saturated heterocycles. The third-order valence-electron chi connectivity index (χ3n) is 7.21. The van der Waals surface area contributed by atoms with Crippen molar-refractivity contribution in [2.45, 2.75) is 57.8 Å². The van der Waals surface area contributed by atoms with Crippen molar-refractivity contribution < 1.29 is 9.18 Å². The molecule has 2 N–H and O–H groups in total. The fourth-order valence-electron chi connectivity index (χ4n) is 4.62. The molecule has 4 atom stereocenters. The molecule has 2 heterocycles. The van der Waals surface area contributed by atoms with E-state index >= 15 is 0 Å². The van der Waals surface area contributed by atoms with E-state index in [0.717, 1.165) is 25.2 Å². The Morgan fingerprint density at radius 3 is 2.77 bits per heavy atom. The van der Waals surface area contributed by atoms with Crippen molar-refractivity contribution in [3.8, 4) is 12.1 Å². The third-order valence-corrected chi connectivity index (χ3v) is 7.21. The summed E-state index contributed by atoms with van der Waals surface area (Å²) < 4.78 is 13.6. The number of anilines is 1. The molecule has 1 saturated carbocycles. The first kappa shape index (κ1) is 22.0. The van der Waals surface area contributed by atoms with Crippen LogP contribution in [-0.2, 0) is 4.79 Å². The first-order chi connectivity index (χ1) is 14.2. The Kier molecular flexibility index (Phi) is 6.28. The maximum atomic E-state index is 13.6. The summed E-state index contributed by atoms with van der Waals surface area (Å²) in [7, 11) is 0. The predicted molar refractivity (Wildman–Crippen MR) is 111 cm³/mol. The van der Waals surface area contributed by atoms with Crippen molar-refractivity contribution in [1.82, 2.24) is 15.2 Å². The number of hydrogen-bond acceptors (Lipinski definition) is 6. The molecule has 2 aliphatic rings. The lowest BCUT2D eigenvalue weighted by Gasteiger charge is -2.43.